The van der Waals surface area contributed by atoms with Crippen LogP contribution in [0.4, 0.5) is 5.00 Å². The number of benzene rings is 1. The van der Waals surface area contributed by atoms with E-state index in [2.05, 4.69) is 0 Å². The minimum Gasteiger partial charge on any atom is -0.391 e. The van der Waals surface area contributed by atoms with Crippen LogP contribution < -0.4 is 5.73 Å². The third-order valence-electron chi connectivity index (χ3n) is 2.22. The van der Waals surface area contributed by atoms with E-state index in [9.17, 15) is 8.42 Å². The molecule has 84 valence electrons. The average molecular weight is 253 g/mol. The zero-order valence-electron chi connectivity index (χ0n) is 8.67. The Kier molecular flexibility index (Phi) is 2.73. The van der Waals surface area contributed by atoms with E-state index in [0.717, 1.165) is 5.56 Å². The number of hydrogen-bond donors (Lipinski definition) is 1. The van der Waals surface area contributed by atoms with Gasteiger partial charge in [-0.15, -0.1) is 11.3 Å². The highest BCUT2D eigenvalue weighted by molar-refractivity contribution is 7.90. The Balaban J connectivity index is 2.66. The molecule has 2 rings (SSSR count). The van der Waals surface area contributed by atoms with Gasteiger partial charge < -0.3 is 5.73 Å². The minimum atomic E-state index is -3.21. The summed E-state index contributed by atoms with van der Waals surface area (Å²) in [5.41, 5.74) is 7.20. The predicted molar refractivity (Wildman–Crippen MR) is 67.3 cm³/mol. The Morgan fingerprint density at radius 1 is 1.25 bits per heavy atom. The zero-order chi connectivity index (χ0) is 11.8. The van der Waals surface area contributed by atoms with E-state index < -0.39 is 9.84 Å². The number of rotatable bonds is 2. The largest absolute Gasteiger partial charge is 0.391 e. The molecule has 0 bridgehead atoms. The van der Waals surface area contributed by atoms with Crippen molar-refractivity contribution in [3.05, 3.63) is 35.7 Å². The van der Waals surface area contributed by atoms with Crippen molar-refractivity contribution in [1.82, 2.24) is 0 Å². The molecule has 0 fully saturated rings. The Bertz CT molecular complexity index is 614. The van der Waals surface area contributed by atoms with Gasteiger partial charge in [-0.05, 0) is 17.7 Å². The van der Waals surface area contributed by atoms with Crippen molar-refractivity contribution < 1.29 is 8.42 Å². The first kappa shape index (κ1) is 11.2. The smallest absolute Gasteiger partial charge is 0.176 e. The molecule has 1 heterocycles. The van der Waals surface area contributed by atoms with Crippen LogP contribution in [0.2, 0.25) is 0 Å². The third-order valence-corrected chi connectivity index (χ3v) is 4.13. The van der Waals surface area contributed by atoms with Gasteiger partial charge in [-0.1, -0.05) is 18.2 Å². The maximum atomic E-state index is 11.6. The number of nitrogen functional groups attached to an aromatic ring is 1. The first-order valence-corrected chi connectivity index (χ1v) is 7.39. The first-order valence-electron chi connectivity index (χ1n) is 4.62. The van der Waals surface area contributed by atoms with Crippen molar-refractivity contribution in [2.75, 3.05) is 12.0 Å². The summed E-state index contributed by atoms with van der Waals surface area (Å²) in [5.74, 6) is 0. The van der Waals surface area contributed by atoms with Gasteiger partial charge in [0, 0.05) is 17.2 Å². The summed E-state index contributed by atoms with van der Waals surface area (Å²) >= 11 is 1.40. The summed E-state index contributed by atoms with van der Waals surface area (Å²) in [5, 5.41) is 2.54. The van der Waals surface area contributed by atoms with Crippen LogP contribution in [0.3, 0.4) is 0 Å². The summed E-state index contributed by atoms with van der Waals surface area (Å²) in [6.07, 6.45) is 1.21. The highest BCUT2D eigenvalue weighted by atomic mass is 32.2. The van der Waals surface area contributed by atoms with E-state index in [0.29, 0.717) is 15.5 Å². The predicted octanol–water partition coefficient (Wildman–Crippen LogP) is 2.40. The molecule has 0 amide bonds. The average Bonchev–Trinajstić information content (AvgIpc) is 2.64. The number of nitrogens with two attached hydrogens (primary N) is 1. The van der Waals surface area contributed by atoms with Crippen molar-refractivity contribution in [2.24, 2.45) is 0 Å². The Morgan fingerprint density at radius 2 is 1.94 bits per heavy atom. The standard InChI is InChI=1S/C11H11NO2S2/c1-16(13,14)10-5-3-2-4-9(10)8-6-11(12)15-7-8/h2-7H,12H2,1H3. The number of anilines is 1. The molecule has 2 N–H and O–H groups in total. The molecule has 0 aliphatic rings. The van der Waals surface area contributed by atoms with E-state index in [-0.39, 0.29) is 0 Å². The molecule has 0 aliphatic heterocycles. The molecule has 1 aromatic carbocycles. The molecule has 16 heavy (non-hydrogen) atoms. The molecular formula is C11H11NO2S2. The Labute approximate surface area is 98.5 Å². The first-order chi connectivity index (χ1) is 7.48. The topological polar surface area (TPSA) is 60.2 Å². The van der Waals surface area contributed by atoms with Gasteiger partial charge in [-0.2, -0.15) is 0 Å². The van der Waals surface area contributed by atoms with Crippen molar-refractivity contribution >= 4 is 26.2 Å². The van der Waals surface area contributed by atoms with Crippen LogP contribution in [0.5, 0.6) is 0 Å². The van der Waals surface area contributed by atoms with E-state index in [1.54, 1.807) is 24.3 Å². The van der Waals surface area contributed by atoms with E-state index in [1.807, 2.05) is 11.4 Å². The lowest BCUT2D eigenvalue weighted by Gasteiger charge is -2.05. The highest BCUT2D eigenvalue weighted by Crippen LogP contribution is 2.31. The van der Waals surface area contributed by atoms with E-state index >= 15 is 0 Å². The maximum Gasteiger partial charge on any atom is 0.176 e. The van der Waals surface area contributed by atoms with Gasteiger partial charge in [-0.3, -0.25) is 0 Å². The maximum absolute atomic E-state index is 11.6. The molecule has 3 nitrogen and oxygen atoms in total. The molecule has 0 spiro atoms. The van der Waals surface area contributed by atoms with Crippen LogP contribution in [0, 0.1) is 0 Å². The van der Waals surface area contributed by atoms with Crippen LogP contribution in [0.15, 0.2) is 40.6 Å². The second-order valence-corrected chi connectivity index (χ2v) is 6.43. The lowest BCUT2D eigenvalue weighted by atomic mass is 10.1. The van der Waals surface area contributed by atoms with Crippen molar-refractivity contribution in [3.8, 4) is 11.1 Å². The number of thiophene rings is 1. The number of sulfone groups is 1. The lowest BCUT2D eigenvalue weighted by Crippen LogP contribution is -1.99. The van der Waals surface area contributed by atoms with Crippen LogP contribution in [-0.4, -0.2) is 14.7 Å². The SMILES string of the molecule is CS(=O)(=O)c1ccccc1-c1csc(N)c1. The number of hydrogen-bond acceptors (Lipinski definition) is 4. The summed E-state index contributed by atoms with van der Waals surface area (Å²) in [6, 6.07) is 8.72. The summed E-state index contributed by atoms with van der Waals surface area (Å²) in [6.45, 7) is 0. The molecule has 1 aromatic heterocycles. The molecule has 2 aromatic rings. The fourth-order valence-corrected chi connectivity index (χ4v) is 3.09. The van der Waals surface area contributed by atoms with Crippen LogP contribution in [0.25, 0.3) is 11.1 Å². The molecular weight excluding hydrogens is 242 g/mol. The van der Waals surface area contributed by atoms with Gasteiger partial charge in [0.2, 0.25) is 0 Å². The normalized spacial score (nSPS) is 11.6. The van der Waals surface area contributed by atoms with E-state index in [1.165, 1.54) is 17.6 Å². The molecule has 0 aliphatic carbocycles. The summed E-state index contributed by atoms with van der Waals surface area (Å²) < 4.78 is 23.2. The zero-order valence-corrected chi connectivity index (χ0v) is 10.3. The fourth-order valence-electron chi connectivity index (χ4n) is 1.52. The van der Waals surface area contributed by atoms with Gasteiger partial charge in [0.05, 0.1) is 9.90 Å². The monoisotopic (exact) mass is 253 g/mol. The highest BCUT2D eigenvalue weighted by Gasteiger charge is 2.14. The van der Waals surface area contributed by atoms with Gasteiger partial charge in [-0.25, -0.2) is 8.42 Å². The van der Waals surface area contributed by atoms with E-state index in [4.69, 9.17) is 5.73 Å². The third kappa shape index (κ3) is 2.10. The lowest BCUT2D eigenvalue weighted by molar-refractivity contribution is 0.602. The van der Waals surface area contributed by atoms with Crippen LogP contribution in [-0.2, 0) is 9.84 Å². The van der Waals surface area contributed by atoms with Crippen molar-refractivity contribution in [1.29, 1.82) is 0 Å². The Hall–Kier alpha value is -1.33. The van der Waals surface area contributed by atoms with Crippen molar-refractivity contribution in [3.63, 3.8) is 0 Å². The van der Waals surface area contributed by atoms with Crippen LogP contribution in [0.1, 0.15) is 0 Å². The van der Waals surface area contributed by atoms with Gasteiger partial charge in [0.15, 0.2) is 9.84 Å². The fraction of sp³-hybridized carbons (Fsp3) is 0.0909. The molecule has 0 unspecified atom stereocenters. The summed E-state index contributed by atoms with van der Waals surface area (Å²) in [4.78, 5) is 0.341. The van der Waals surface area contributed by atoms with Gasteiger partial charge in [0.1, 0.15) is 0 Å². The second-order valence-electron chi connectivity index (χ2n) is 3.51. The Morgan fingerprint density at radius 3 is 2.50 bits per heavy atom. The van der Waals surface area contributed by atoms with Gasteiger partial charge in [0.25, 0.3) is 0 Å². The summed E-state index contributed by atoms with van der Waals surface area (Å²) in [7, 11) is -3.21. The molecule has 0 saturated carbocycles. The second kappa shape index (κ2) is 3.92. The molecule has 0 saturated heterocycles. The van der Waals surface area contributed by atoms with Gasteiger partial charge >= 0.3 is 0 Å². The van der Waals surface area contributed by atoms with Crippen LogP contribution >= 0.6 is 11.3 Å². The van der Waals surface area contributed by atoms with Crippen molar-refractivity contribution in [2.45, 2.75) is 4.90 Å². The molecule has 0 radical (unpaired) electrons. The molecule has 0 atom stereocenters. The molecule has 5 heteroatoms. The minimum absolute atomic E-state index is 0.341. The quantitative estimate of drug-likeness (QED) is 0.894.